The third-order valence-electron chi connectivity index (χ3n) is 2.81. The van der Waals surface area contributed by atoms with Gasteiger partial charge in [-0.1, -0.05) is 6.07 Å². The van der Waals surface area contributed by atoms with Gasteiger partial charge in [-0.05, 0) is 26.0 Å². The molecule has 0 atom stereocenters. The number of hydrogen-bond donors (Lipinski definition) is 1. The number of carbonyl (C=O) groups is 2. The van der Waals surface area contributed by atoms with Crippen molar-refractivity contribution >= 4 is 17.6 Å². The molecule has 0 spiro atoms. The summed E-state index contributed by atoms with van der Waals surface area (Å²) in [4.78, 5) is 29.3. The molecule has 6 nitrogen and oxygen atoms in total. The van der Waals surface area contributed by atoms with Gasteiger partial charge in [-0.25, -0.2) is 4.98 Å². The average Bonchev–Trinajstić information content (AvgIpc) is 2.38. The van der Waals surface area contributed by atoms with Gasteiger partial charge in [0.1, 0.15) is 5.82 Å². The number of rotatable bonds is 1. The van der Waals surface area contributed by atoms with E-state index in [0.717, 1.165) is 0 Å². The highest BCUT2D eigenvalue weighted by molar-refractivity contribution is 6.39. The highest BCUT2D eigenvalue weighted by Crippen LogP contribution is 2.16. The Morgan fingerprint density at radius 1 is 1.42 bits per heavy atom. The molecule has 2 rings (SSSR count). The summed E-state index contributed by atoms with van der Waals surface area (Å²) in [5.41, 5.74) is -0.417. The zero-order valence-electron chi connectivity index (χ0n) is 11.0. The maximum atomic E-state index is 12.0. The van der Waals surface area contributed by atoms with Crippen LogP contribution < -0.4 is 5.32 Å². The van der Waals surface area contributed by atoms with Crippen LogP contribution in [0.3, 0.4) is 0 Å². The van der Waals surface area contributed by atoms with Crippen LogP contribution >= 0.6 is 0 Å². The first-order chi connectivity index (χ1) is 8.98. The summed E-state index contributed by atoms with van der Waals surface area (Å²) in [7, 11) is 0. The minimum atomic E-state index is -0.670. The van der Waals surface area contributed by atoms with E-state index in [1.54, 1.807) is 24.4 Å². The first-order valence-electron chi connectivity index (χ1n) is 6.13. The fourth-order valence-electron chi connectivity index (χ4n) is 1.94. The molecule has 1 fully saturated rings. The molecule has 1 aromatic heterocycles. The van der Waals surface area contributed by atoms with Gasteiger partial charge in [0.2, 0.25) is 0 Å². The Hall–Kier alpha value is -1.95. The lowest BCUT2D eigenvalue weighted by Gasteiger charge is -2.37. The normalized spacial score (nSPS) is 17.9. The summed E-state index contributed by atoms with van der Waals surface area (Å²) in [5, 5.41) is 2.48. The molecule has 0 aromatic carbocycles. The van der Waals surface area contributed by atoms with Crippen molar-refractivity contribution in [2.75, 3.05) is 25.0 Å². The molecule has 0 saturated carbocycles. The Kier molecular flexibility index (Phi) is 3.80. The zero-order valence-corrected chi connectivity index (χ0v) is 11.0. The Morgan fingerprint density at radius 3 is 2.84 bits per heavy atom. The first kappa shape index (κ1) is 13.5. The van der Waals surface area contributed by atoms with Crippen LogP contribution in [0.1, 0.15) is 13.8 Å². The minimum Gasteiger partial charge on any atom is -0.372 e. The van der Waals surface area contributed by atoms with Crippen LogP contribution in [0.5, 0.6) is 0 Å². The molecule has 1 N–H and O–H groups in total. The van der Waals surface area contributed by atoms with Crippen LogP contribution in [-0.2, 0) is 14.3 Å². The molecule has 0 radical (unpaired) electrons. The number of aromatic nitrogens is 1. The van der Waals surface area contributed by atoms with E-state index in [1.165, 1.54) is 4.90 Å². The molecule has 1 aromatic rings. The van der Waals surface area contributed by atoms with E-state index in [9.17, 15) is 9.59 Å². The number of morpholine rings is 1. The number of ether oxygens (including phenoxy) is 1. The predicted molar refractivity (Wildman–Crippen MR) is 69.5 cm³/mol. The molecule has 0 aliphatic carbocycles. The maximum Gasteiger partial charge on any atom is 0.315 e. The van der Waals surface area contributed by atoms with E-state index in [0.29, 0.717) is 25.5 Å². The van der Waals surface area contributed by atoms with Gasteiger partial charge in [0, 0.05) is 19.3 Å². The van der Waals surface area contributed by atoms with E-state index < -0.39 is 17.4 Å². The lowest BCUT2D eigenvalue weighted by molar-refractivity contribution is -0.153. The van der Waals surface area contributed by atoms with Crippen LogP contribution in [0.15, 0.2) is 24.4 Å². The van der Waals surface area contributed by atoms with Gasteiger partial charge in [0.05, 0.1) is 12.2 Å². The van der Waals surface area contributed by atoms with Crippen molar-refractivity contribution in [1.29, 1.82) is 0 Å². The van der Waals surface area contributed by atoms with E-state index in [-0.39, 0.29) is 0 Å². The molecule has 1 saturated heterocycles. The van der Waals surface area contributed by atoms with E-state index in [4.69, 9.17) is 4.74 Å². The van der Waals surface area contributed by atoms with Crippen LogP contribution in [0, 0.1) is 0 Å². The van der Waals surface area contributed by atoms with Crippen molar-refractivity contribution in [2.24, 2.45) is 0 Å². The molecule has 102 valence electrons. The summed E-state index contributed by atoms with van der Waals surface area (Å²) in [6, 6.07) is 5.11. The molecular weight excluding hydrogens is 246 g/mol. The summed E-state index contributed by atoms with van der Waals surface area (Å²) >= 11 is 0. The Balaban J connectivity index is 1.98. The smallest absolute Gasteiger partial charge is 0.315 e. The van der Waals surface area contributed by atoms with Crippen LogP contribution in [-0.4, -0.2) is 47.0 Å². The molecular formula is C13H17N3O3. The van der Waals surface area contributed by atoms with Crippen molar-refractivity contribution < 1.29 is 14.3 Å². The molecule has 19 heavy (non-hydrogen) atoms. The maximum absolute atomic E-state index is 12.0. The second kappa shape index (κ2) is 5.36. The molecule has 1 aliphatic heterocycles. The largest absolute Gasteiger partial charge is 0.372 e. The second-order valence-electron chi connectivity index (χ2n) is 5.00. The van der Waals surface area contributed by atoms with Crippen molar-refractivity contribution in [3.8, 4) is 0 Å². The average molecular weight is 263 g/mol. The number of pyridine rings is 1. The fraction of sp³-hybridized carbons (Fsp3) is 0.462. The van der Waals surface area contributed by atoms with E-state index in [2.05, 4.69) is 10.3 Å². The van der Waals surface area contributed by atoms with Crippen molar-refractivity contribution in [3.63, 3.8) is 0 Å². The minimum absolute atomic E-state index is 0.369. The number of hydrogen-bond acceptors (Lipinski definition) is 4. The van der Waals surface area contributed by atoms with Crippen molar-refractivity contribution in [3.05, 3.63) is 24.4 Å². The third kappa shape index (κ3) is 3.51. The third-order valence-corrected chi connectivity index (χ3v) is 2.81. The van der Waals surface area contributed by atoms with Gasteiger partial charge in [-0.3, -0.25) is 9.59 Å². The number of amides is 2. The molecule has 0 bridgehead atoms. The molecule has 1 aliphatic rings. The second-order valence-corrected chi connectivity index (χ2v) is 5.00. The van der Waals surface area contributed by atoms with Gasteiger partial charge in [0.15, 0.2) is 0 Å². The van der Waals surface area contributed by atoms with Gasteiger partial charge in [-0.15, -0.1) is 0 Å². The molecule has 2 heterocycles. The number of nitrogens with zero attached hydrogens (tertiary/aromatic N) is 2. The van der Waals surface area contributed by atoms with E-state index in [1.807, 2.05) is 13.8 Å². The van der Waals surface area contributed by atoms with Crippen LogP contribution in [0.2, 0.25) is 0 Å². The highest BCUT2D eigenvalue weighted by atomic mass is 16.5. The topological polar surface area (TPSA) is 71.5 Å². The fourth-order valence-corrected chi connectivity index (χ4v) is 1.94. The molecule has 2 amide bonds. The quantitative estimate of drug-likeness (QED) is 0.755. The standard InChI is InChI=1S/C13H17N3O3/c1-13(2)9-16(7-8-19-13)12(18)11(17)15-10-5-3-4-6-14-10/h3-6H,7-9H2,1-2H3,(H,14,15,17). The van der Waals surface area contributed by atoms with Crippen LogP contribution in [0.25, 0.3) is 0 Å². The Bertz CT molecular complexity index is 473. The lowest BCUT2D eigenvalue weighted by atomic mass is 10.1. The van der Waals surface area contributed by atoms with Crippen LogP contribution in [0.4, 0.5) is 5.82 Å². The van der Waals surface area contributed by atoms with Gasteiger partial charge >= 0.3 is 11.8 Å². The summed E-state index contributed by atoms with van der Waals surface area (Å²) in [6.07, 6.45) is 1.55. The monoisotopic (exact) mass is 263 g/mol. The Labute approximate surface area is 111 Å². The van der Waals surface area contributed by atoms with Crippen molar-refractivity contribution in [1.82, 2.24) is 9.88 Å². The van der Waals surface area contributed by atoms with Gasteiger partial charge in [-0.2, -0.15) is 0 Å². The summed E-state index contributed by atoms with van der Waals surface area (Å²) < 4.78 is 5.51. The predicted octanol–water partition coefficient (Wildman–Crippen LogP) is 0.657. The number of carbonyl (C=O) groups excluding carboxylic acids is 2. The summed E-state index contributed by atoms with van der Waals surface area (Å²) in [6.45, 7) is 5.06. The number of anilines is 1. The summed E-state index contributed by atoms with van der Waals surface area (Å²) in [5.74, 6) is -0.855. The zero-order chi connectivity index (χ0) is 13.9. The van der Waals surface area contributed by atoms with E-state index >= 15 is 0 Å². The highest BCUT2D eigenvalue weighted by Gasteiger charge is 2.32. The lowest BCUT2D eigenvalue weighted by Crippen LogP contribution is -2.53. The van der Waals surface area contributed by atoms with Gasteiger partial charge < -0.3 is 15.0 Å². The molecule has 6 heteroatoms. The first-order valence-corrected chi connectivity index (χ1v) is 6.13. The Morgan fingerprint density at radius 2 is 2.21 bits per heavy atom. The van der Waals surface area contributed by atoms with Gasteiger partial charge in [0.25, 0.3) is 0 Å². The number of nitrogens with one attached hydrogen (secondary N) is 1. The SMILES string of the molecule is CC1(C)CN(C(=O)C(=O)Nc2ccccn2)CCO1. The molecule has 0 unspecified atom stereocenters. The van der Waals surface area contributed by atoms with Crippen molar-refractivity contribution in [2.45, 2.75) is 19.4 Å².